The van der Waals surface area contributed by atoms with Gasteiger partial charge in [0.1, 0.15) is 0 Å². The van der Waals surface area contributed by atoms with Gasteiger partial charge >= 0.3 is 0 Å². The molecule has 1 aliphatic rings. The van der Waals surface area contributed by atoms with Crippen molar-refractivity contribution < 1.29 is 13.0 Å². The quantitative estimate of drug-likeness (QED) is 0.828. The molecule has 0 saturated heterocycles. The van der Waals surface area contributed by atoms with Crippen LogP contribution >= 0.6 is 0 Å². The second kappa shape index (κ2) is 6.39. The predicted octanol–water partition coefficient (Wildman–Crippen LogP) is 4.54. The molecule has 0 fully saturated rings. The van der Waals surface area contributed by atoms with Crippen LogP contribution in [0.5, 0.6) is 0 Å². The Hall–Kier alpha value is -1.39. The average molecular weight is 320 g/mol. The van der Waals surface area contributed by atoms with Crippen molar-refractivity contribution in [3.63, 3.8) is 0 Å². The van der Waals surface area contributed by atoms with Gasteiger partial charge in [-0.3, -0.25) is 4.55 Å². The normalized spacial score (nSPS) is 19.8. The third kappa shape index (κ3) is 3.50. The molecule has 1 aromatic rings. The summed E-state index contributed by atoms with van der Waals surface area (Å²) in [6.07, 6.45) is 2.58. The van der Waals surface area contributed by atoms with Gasteiger partial charge in [-0.2, -0.15) is 8.42 Å². The first kappa shape index (κ1) is 17.0. The molecule has 1 aliphatic carbocycles. The van der Waals surface area contributed by atoms with Crippen molar-refractivity contribution in [2.24, 2.45) is 17.8 Å². The summed E-state index contributed by atoms with van der Waals surface area (Å²) >= 11 is 0. The Labute approximate surface area is 133 Å². The van der Waals surface area contributed by atoms with Gasteiger partial charge in [0, 0.05) is 5.92 Å². The van der Waals surface area contributed by atoms with E-state index in [-0.39, 0.29) is 22.7 Å². The van der Waals surface area contributed by atoms with Crippen molar-refractivity contribution in [2.75, 3.05) is 0 Å². The average Bonchev–Trinajstić information content (AvgIpc) is 2.45. The summed E-state index contributed by atoms with van der Waals surface area (Å²) in [5.74, 6) is -0.0112. The van der Waals surface area contributed by atoms with Gasteiger partial charge in [0.15, 0.2) is 0 Å². The van der Waals surface area contributed by atoms with E-state index in [0.717, 1.165) is 16.7 Å². The zero-order valence-electron chi connectivity index (χ0n) is 13.6. The van der Waals surface area contributed by atoms with Crippen LogP contribution in [-0.2, 0) is 10.1 Å². The fourth-order valence-corrected chi connectivity index (χ4v) is 4.38. The highest BCUT2D eigenvalue weighted by Gasteiger charge is 2.34. The van der Waals surface area contributed by atoms with Crippen LogP contribution in [0.2, 0.25) is 0 Å². The Morgan fingerprint density at radius 1 is 1.09 bits per heavy atom. The van der Waals surface area contributed by atoms with Crippen molar-refractivity contribution in [1.29, 1.82) is 0 Å². The molecule has 0 spiro atoms. The van der Waals surface area contributed by atoms with Crippen molar-refractivity contribution in [3.05, 3.63) is 52.4 Å². The number of hydrogen-bond donors (Lipinski definition) is 1. The van der Waals surface area contributed by atoms with E-state index < -0.39 is 10.1 Å². The summed E-state index contributed by atoms with van der Waals surface area (Å²) in [4.78, 5) is 0.206. The lowest BCUT2D eigenvalue weighted by atomic mass is 9.78. The number of allylic oxidation sites excluding steroid dienone is 4. The van der Waals surface area contributed by atoms with Crippen LogP contribution in [0.25, 0.3) is 5.57 Å². The maximum absolute atomic E-state index is 11.9. The minimum atomic E-state index is -4.18. The molecule has 0 bridgehead atoms. The number of benzene rings is 1. The highest BCUT2D eigenvalue weighted by Crippen LogP contribution is 2.42. The smallest absolute Gasteiger partial charge is 0.282 e. The summed E-state index contributed by atoms with van der Waals surface area (Å²) in [6, 6.07) is 10.0. The summed E-state index contributed by atoms with van der Waals surface area (Å²) in [5, 5.41) is 0. The van der Waals surface area contributed by atoms with E-state index in [1.165, 1.54) is 0 Å². The minimum Gasteiger partial charge on any atom is -0.282 e. The SMILES string of the molecule is CC(C)C1=C(S(=O)(=O)O)C(C(C)C)CC(c2ccccc2)=C1. The van der Waals surface area contributed by atoms with E-state index in [2.05, 4.69) is 0 Å². The molecule has 22 heavy (non-hydrogen) atoms. The van der Waals surface area contributed by atoms with E-state index in [1.807, 2.05) is 64.1 Å². The van der Waals surface area contributed by atoms with Gasteiger partial charge in [-0.15, -0.1) is 0 Å². The highest BCUT2D eigenvalue weighted by atomic mass is 32.2. The minimum absolute atomic E-state index is 0.0391. The van der Waals surface area contributed by atoms with Crippen LogP contribution < -0.4 is 0 Å². The molecule has 2 rings (SSSR count). The van der Waals surface area contributed by atoms with Crippen LogP contribution in [0.3, 0.4) is 0 Å². The second-order valence-corrected chi connectivity index (χ2v) is 7.93. The first-order valence-corrected chi connectivity index (χ1v) is 9.13. The van der Waals surface area contributed by atoms with E-state index in [9.17, 15) is 13.0 Å². The van der Waals surface area contributed by atoms with E-state index in [4.69, 9.17) is 0 Å². The van der Waals surface area contributed by atoms with Crippen molar-refractivity contribution >= 4 is 15.7 Å². The third-order valence-corrected chi connectivity index (χ3v) is 5.33. The molecular formula is C18H24O3S. The Morgan fingerprint density at radius 3 is 2.14 bits per heavy atom. The van der Waals surface area contributed by atoms with Crippen LogP contribution in [0.1, 0.15) is 39.7 Å². The van der Waals surface area contributed by atoms with E-state index in [1.54, 1.807) is 0 Å². The van der Waals surface area contributed by atoms with Crippen LogP contribution in [-0.4, -0.2) is 13.0 Å². The summed E-state index contributed by atoms with van der Waals surface area (Å²) in [5.41, 5.74) is 2.97. The Kier molecular flexibility index (Phi) is 4.93. The molecule has 1 unspecified atom stereocenters. The largest absolute Gasteiger partial charge is 0.291 e. The monoisotopic (exact) mass is 320 g/mol. The zero-order chi connectivity index (χ0) is 16.5. The fourth-order valence-electron chi connectivity index (χ4n) is 3.04. The summed E-state index contributed by atoms with van der Waals surface area (Å²) < 4.78 is 33.6. The van der Waals surface area contributed by atoms with Crippen LogP contribution in [0.4, 0.5) is 0 Å². The van der Waals surface area contributed by atoms with E-state index >= 15 is 0 Å². The lowest BCUT2D eigenvalue weighted by Gasteiger charge is -2.31. The van der Waals surface area contributed by atoms with Gasteiger partial charge in [-0.25, -0.2) is 0 Å². The number of hydrogen-bond acceptors (Lipinski definition) is 2. The highest BCUT2D eigenvalue weighted by molar-refractivity contribution is 7.89. The predicted molar refractivity (Wildman–Crippen MR) is 90.8 cm³/mol. The van der Waals surface area contributed by atoms with Crippen LogP contribution in [0.15, 0.2) is 46.9 Å². The first-order valence-electron chi connectivity index (χ1n) is 7.69. The third-order valence-electron chi connectivity index (χ3n) is 4.24. The van der Waals surface area contributed by atoms with Gasteiger partial charge in [0.05, 0.1) is 4.91 Å². The van der Waals surface area contributed by atoms with Crippen molar-refractivity contribution in [2.45, 2.75) is 34.1 Å². The topological polar surface area (TPSA) is 54.4 Å². The van der Waals surface area contributed by atoms with Gasteiger partial charge in [0.2, 0.25) is 0 Å². The lowest BCUT2D eigenvalue weighted by Crippen LogP contribution is -2.24. The Bertz CT molecular complexity index is 695. The van der Waals surface area contributed by atoms with Gasteiger partial charge in [-0.05, 0) is 35.0 Å². The van der Waals surface area contributed by atoms with Gasteiger partial charge in [-0.1, -0.05) is 64.1 Å². The first-order chi connectivity index (χ1) is 10.2. The van der Waals surface area contributed by atoms with Gasteiger partial charge < -0.3 is 0 Å². The molecule has 4 heteroatoms. The molecule has 1 atom stereocenters. The molecule has 3 nitrogen and oxygen atoms in total. The van der Waals surface area contributed by atoms with Gasteiger partial charge in [0.25, 0.3) is 10.1 Å². The molecule has 0 aromatic heterocycles. The molecule has 1 aromatic carbocycles. The molecular weight excluding hydrogens is 296 g/mol. The lowest BCUT2D eigenvalue weighted by molar-refractivity contribution is 0.430. The standard InChI is InChI=1S/C18H24O3S/c1-12(2)16-10-15(14-8-6-5-7-9-14)11-17(13(3)4)18(16)22(19,20)21/h5-10,12-13,17H,11H2,1-4H3,(H,19,20,21). The summed E-state index contributed by atoms with van der Waals surface area (Å²) in [6.45, 7) is 7.92. The van der Waals surface area contributed by atoms with E-state index in [0.29, 0.717) is 6.42 Å². The molecule has 0 aliphatic heterocycles. The fraction of sp³-hybridized carbons (Fsp3) is 0.444. The Balaban J connectivity index is 2.66. The Morgan fingerprint density at radius 2 is 1.68 bits per heavy atom. The number of rotatable bonds is 4. The molecule has 0 saturated carbocycles. The zero-order valence-corrected chi connectivity index (χ0v) is 14.4. The molecule has 0 amide bonds. The summed E-state index contributed by atoms with van der Waals surface area (Å²) in [7, 11) is -4.18. The molecule has 120 valence electrons. The van der Waals surface area contributed by atoms with Crippen molar-refractivity contribution in [3.8, 4) is 0 Å². The molecule has 0 heterocycles. The maximum atomic E-state index is 11.9. The van der Waals surface area contributed by atoms with Crippen molar-refractivity contribution in [1.82, 2.24) is 0 Å². The van der Waals surface area contributed by atoms with Crippen LogP contribution in [0, 0.1) is 17.8 Å². The maximum Gasteiger partial charge on any atom is 0.291 e. The molecule has 0 radical (unpaired) electrons. The second-order valence-electron chi connectivity index (χ2n) is 6.54. The molecule has 1 N–H and O–H groups in total.